The summed E-state index contributed by atoms with van der Waals surface area (Å²) in [5.74, 6) is 3.01. The Bertz CT molecular complexity index is 278. The standard InChI is InChI=1S/C8H9NOS2/c10-3-7-5-12-8(9-7)6-1-2-11-4-6/h3,5-6H,1-2,4H2. The fraction of sp³-hybridized carbons (Fsp3) is 0.500. The van der Waals surface area contributed by atoms with Crippen molar-refractivity contribution in [2.45, 2.75) is 12.3 Å². The van der Waals surface area contributed by atoms with Crippen molar-refractivity contribution in [1.29, 1.82) is 0 Å². The molecule has 1 aromatic rings. The van der Waals surface area contributed by atoms with Crippen molar-refractivity contribution in [2.24, 2.45) is 0 Å². The summed E-state index contributed by atoms with van der Waals surface area (Å²) in [5.41, 5.74) is 0.590. The summed E-state index contributed by atoms with van der Waals surface area (Å²) in [7, 11) is 0. The highest BCUT2D eigenvalue weighted by molar-refractivity contribution is 7.99. The minimum absolute atomic E-state index is 0.590. The third-order valence-corrected chi connectivity index (χ3v) is 4.13. The Balaban J connectivity index is 2.16. The summed E-state index contributed by atoms with van der Waals surface area (Å²) in [6, 6.07) is 0. The number of thiazole rings is 1. The summed E-state index contributed by atoms with van der Waals surface area (Å²) < 4.78 is 0. The first-order valence-corrected chi connectivity index (χ1v) is 5.92. The van der Waals surface area contributed by atoms with Crippen molar-refractivity contribution >= 4 is 29.4 Å². The van der Waals surface area contributed by atoms with Gasteiger partial charge < -0.3 is 0 Å². The quantitative estimate of drug-likeness (QED) is 0.684. The van der Waals surface area contributed by atoms with Gasteiger partial charge >= 0.3 is 0 Å². The van der Waals surface area contributed by atoms with Gasteiger partial charge in [-0.15, -0.1) is 11.3 Å². The molecule has 1 saturated heterocycles. The molecular formula is C8H9NOS2. The normalized spacial score (nSPS) is 22.8. The molecule has 12 heavy (non-hydrogen) atoms. The van der Waals surface area contributed by atoms with Crippen LogP contribution in [0.4, 0.5) is 0 Å². The van der Waals surface area contributed by atoms with Crippen LogP contribution in [-0.4, -0.2) is 22.8 Å². The number of aromatic nitrogens is 1. The molecule has 0 spiro atoms. The van der Waals surface area contributed by atoms with Crippen LogP contribution >= 0.6 is 23.1 Å². The molecule has 0 amide bonds. The van der Waals surface area contributed by atoms with E-state index in [1.54, 1.807) is 11.3 Å². The van der Waals surface area contributed by atoms with Crippen LogP contribution in [0.1, 0.15) is 27.8 Å². The van der Waals surface area contributed by atoms with Crippen LogP contribution in [0, 0.1) is 0 Å². The van der Waals surface area contributed by atoms with Gasteiger partial charge in [0, 0.05) is 17.1 Å². The molecule has 4 heteroatoms. The Morgan fingerprint density at radius 3 is 3.17 bits per heavy atom. The number of nitrogens with zero attached hydrogens (tertiary/aromatic N) is 1. The SMILES string of the molecule is O=Cc1csc(C2CCSC2)n1. The highest BCUT2D eigenvalue weighted by Crippen LogP contribution is 2.33. The number of hydrogen-bond acceptors (Lipinski definition) is 4. The van der Waals surface area contributed by atoms with Crippen molar-refractivity contribution < 1.29 is 4.79 Å². The molecule has 2 nitrogen and oxygen atoms in total. The lowest BCUT2D eigenvalue weighted by molar-refractivity contribution is 0.111. The van der Waals surface area contributed by atoms with Crippen LogP contribution in [0.5, 0.6) is 0 Å². The third-order valence-electron chi connectivity index (χ3n) is 1.94. The second-order valence-electron chi connectivity index (χ2n) is 2.79. The minimum atomic E-state index is 0.590. The maximum absolute atomic E-state index is 10.4. The second kappa shape index (κ2) is 3.58. The van der Waals surface area contributed by atoms with Crippen molar-refractivity contribution in [1.82, 2.24) is 4.98 Å². The Morgan fingerprint density at radius 1 is 1.67 bits per heavy atom. The van der Waals surface area contributed by atoms with Crippen LogP contribution in [0.2, 0.25) is 0 Å². The molecule has 0 bridgehead atoms. The van der Waals surface area contributed by atoms with Gasteiger partial charge in [0.25, 0.3) is 0 Å². The van der Waals surface area contributed by atoms with Gasteiger partial charge in [0.15, 0.2) is 6.29 Å². The number of thioether (sulfide) groups is 1. The van der Waals surface area contributed by atoms with E-state index in [1.807, 2.05) is 17.1 Å². The van der Waals surface area contributed by atoms with E-state index in [2.05, 4.69) is 4.98 Å². The van der Waals surface area contributed by atoms with Gasteiger partial charge in [0.05, 0.1) is 5.01 Å². The molecular weight excluding hydrogens is 190 g/mol. The number of carbonyl (C=O) groups is 1. The van der Waals surface area contributed by atoms with Crippen LogP contribution in [0.15, 0.2) is 5.38 Å². The Morgan fingerprint density at radius 2 is 2.58 bits per heavy atom. The van der Waals surface area contributed by atoms with Crippen molar-refractivity contribution in [2.75, 3.05) is 11.5 Å². The van der Waals surface area contributed by atoms with E-state index in [1.165, 1.54) is 17.9 Å². The van der Waals surface area contributed by atoms with Crippen LogP contribution in [-0.2, 0) is 0 Å². The summed E-state index contributed by atoms with van der Waals surface area (Å²) in [4.78, 5) is 14.6. The van der Waals surface area contributed by atoms with Gasteiger partial charge in [-0.3, -0.25) is 4.79 Å². The topological polar surface area (TPSA) is 30.0 Å². The average Bonchev–Trinajstić information content (AvgIpc) is 2.75. The number of rotatable bonds is 2. The van der Waals surface area contributed by atoms with Gasteiger partial charge in [-0.1, -0.05) is 0 Å². The Hall–Kier alpha value is -0.350. The highest BCUT2D eigenvalue weighted by Gasteiger charge is 2.20. The first-order valence-electron chi connectivity index (χ1n) is 3.88. The van der Waals surface area contributed by atoms with Crippen LogP contribution in [0.3, 0.4) is 0 Å². The van der Waals surface area contributed by atoms with E-state index >= 15 is 0 Å². The van der Waals surface area contributed by atoms with E-state index in [9.17, 15) is 4.79 Å². The van der Waals surface area contributed by atoms with E-state index in [0.29, 0.717) is 11.6 Å². The second-order valence-corrected chi connectivity index (χ2v) is 4.83. The molecule has 1 atom stereocenters. The molecule has 0 aliphatic carbocycles. The fourth-order valence-corrected chi connectivity index (χ4v) is 3.51. The van der Waals surface area contributed by atoms with Crippen molar-refractivity contribution in [3.63, 3.8) is 0 Å². The number of hydrogen-bond donors (Lipinski definition) is 0. The molecule has 0 saturated carbocycles. The number of carbonyl (C=O) groups excluding carboxylic acids is 1. The molecule has 2 heterocycles. The van der Waals surface area contributed by atoms with E-state index < -0.39 is 0 Å². The molecule has 0 radical (unpaired) electrons. The van der Waals surface area contributed by atoms with Gasteiger partial charge in [0.2, 0.25) is 0 Å². The van der Waals surface area contributed by atoms with Crippen molar-refractivity contribution in [3.8, 4) is 0 Å². The zero-order valence-electron chi connectivity index (χ0n) is 6.53. The Labute approximate surface area is 79.4 Å². The summed E-state index contributed by atoms with van der Waals surface area (Å²) in [6.45, 7) is 0. The smallest absolute Gasteiger partial charge is 0.169 e. The monoisotopic (exact) mass is 199 g/mol. The lowest BCUT2D eigenvalue weighted by Crippen LogP contribution is -1.95. The molecule has 0 N–H and O–H groups in total. The molecule has 1 aliphatic heterocycles. The summed E-state index contributed by atoms with van der Waals surface area (Å²) in [5, 5.41) is 2.98. The molecule has 1 fully saturated rings. The molecule has 64 valence electrons. The van der Waals surface area contributed by atoms with Crippen LogP contribution in [0.25, 0.3) is 0 Å². The summed E-state index contributed by atoms with van der Waals surface area (Å²) in [6.07, 6.45) is 2.04. The summed E-state index contributed by atoms with van der Waals surface area (Å²) >= 11 is 3.59. The first kappa shape index (κ1) is 8.26. The molecule has 2 rings (SSSR count). The van der Waals surface area contributed by atoms with E-state index in [4.69, 9.17) is 0 Å². The Kier molecular flexibility index (Phi) is 2.46. The predicted molar refractivity (Wildman–Crippen MR) is 52.2 cm³/mol. The third kappa shape index (κ3) is 1.54. The maximum Gasteiger partial charge on any atom is 0.169 e. The van der Waals surface area contributed by atoms with E-state index in [0.717, 1.165) is 11.3 Å². The molecule has 1 aliphatic rings. The van der Waals surface area contributed by atoms with Gasteiger partial charge in [0.1, 0.15) is 5.69 Å². The first-order chi connectivity index (χ1) is 5.90. The zero-order chi connectivity index (χ0) is 8.39. The lowest BCUT2D eigenvalue weighted by Gasteiger charge is -2.00. The zero-order valence-corrected chi connectivity index (χ0v) is 8.16. The highest BCUT2D eigenvalue weighted by atomic mass is 32.2. The van der Waals surface area contributed by atoms with Gasteiger partial charge in [-0.25, -0.2) is 4.98 Å². The van der Waals surface area contributed by atoms with Crippen LogP contribution < -0.4 is 0 Å². The largest absolute Gasteiger partial charge is 0.296 e. The number of aldehydes is 1. The maximum atomic E-state index is 10.4. The lowest BCUT2D eigenvalue weighted by atomic mass is 10.1. The molecule has 1 aromatic heterocycles. The van der Waals surface area contributed by atoms with E-state index in [-0.39, 0.29) is 0 Å². The average molecular weight is 199 g/mol. The fourth-order valence-electron chi connectivity index (χ4n) is 1.27. The molecule has 0 aromatic carbocycles. The molecule has 1 unspecified atom stereocenters. The minimum Gasteiger partial charge on any atom is -0.296 e. The van der Waals surface area contributed by atoms with Crippen molar-refractivity contribution in [3.05, 3.63) is 16.1 Å². The van der Waals surface area contributed by atoms with Gasteiger partial charge in [-0.05, 0) is 12.2 Å². The predicted octanol–water partition coefficient (Wildman–Crippen LogP) is 2.18. The van der Waals surface area contributed by atoms with Gasteiger partial charge in [-0.2, -0.15) is 11.8 Å².